The highest BCUT2D eigenvalue weighted by atomic mass is 32.1. The number of nitrogens with one attached hydrogen (secondary N) is 2. The van der Waals surface area contributed by atoms with Crippen LogP contribution in [0.15, 0.2) is 84.6 Å². The number of nitrogens with two attached hydrogens (primary N) is 1. The lowest BCUT2D eigenvalue weighted by Crippen LogP contribution is -2.58. The van der Waals surface area contributed by atoms with Gasteiger partial charge in [0.05, 0.1) is 71.8 Å². The molecule has 0 spiro atoms. The first-order valence-corrected chi connectivity index (χ1v) is 27.9. The molecule has 2 aliphatic rings. The minimum atomic E-state index is -4.58. The zero-order chi connectivity index (χ0) is 56.4. The summed E-state index contributed by atoms with van der Waals surface area (Å²) in [6.45, 7) is 15.4. The van der Waals surface area contributed by atoms with Crippen LogP contribution in [-0.2, 0) is 47.9 Å². The third-order valence-electron chi connectivity index (χ3n) is 13.9. The molecule has 2 aliphatic heterocycles. The van der Waals surface area contributed by atoms with Crippen molar-refractivity contribution in [3.63, 3.8) is 0 Å². The molecular formula is C56H68F3N9O9S2. The number of aromatic nitrogens is 3. The lowest BCUT2D eigenvalue weighted by atomic mass is 9.85. The monoisotopic (exact) mass is 1130 g/mol. The second-order valence-corrected chi connectivity index (χ2v) is 22.6. The second kappa shape index (κ2) is 26.3. The molecule has 4 amide bonds. The van der Waals surface area contributed by atoms with Gasteiger partial charge in [0.15, 0.2) is 0 Å². The number of hydrogen-bond acceptors (Lipinski definition) is 15. The number of halogens is 3. The molecule has 0 aliphatic carbocycles. The number of fused-ring (bicyclic) bond motifs is 1. The fraction of sp³-hybridized carbons (Fsp3) is 0.464. The predicted octanol–water partition coefficient (Wildman–Crippen LogP) is 6.75. The number of thiazole rings is 1. The number of aryl methyl sites for hydroxylation is 1. The Hall–Kier alpha value is -6.31. The van der Waals surface area contributed by atoms with Crippen molar-refractivity contribution in [2.45, 2.75) is 84.6 Å². The Morgan fingerprint density at radius 2 is 1.56 bits per heavy atom. The van der Waals surface area contributed by atoms with Crippen molar-refractivity contribution in [3.05, 3.63) is 117 Å². The van der Waals surface area contributed by atoms with Gasteiger partial charge >= 0.3 is 6.18 Å². The Balaban J connectivity index is 0.704. The molecule has 0 bridgehead atoms. The number of alkyl halides is 3. The van der Waals surface area contributed by atoms with Crippen LogP contribution in [-0.4, -0.2) is 155 Å². The number of β-amino-alcohol motifs (C(OH)–C–C–N with tert-alkyl or cyclic N) is 1. The molecule has 2 saturated heterocycles. The third-order valence-corrected chi connectivity index (χ3v) is 16.0. The smallest absolute Gasteiger partial charge is 0.416 e. The Morgan fingerprint density at radius 3 is 2.24 bits per heavy atom. The minimum absolute atomic E-state index is 0.0291. The van der Waals surface area contributed by atoms with Crippen molar-refractivity contribution in [1.29, 1.82) is 0 Å². The summed E-state index contributed by atoms with van der Waals surface area (Å²) in [5.74, 6) is -1.99. The summed E-state index contributed by atoms with van der Waals surface area (Å²) in [6, 6.07) is 18.8. The summed E-state index contributed by atoms with van der Waals surface area (Å²) < 4.78 is 66.2. The van der Waals surface area contributed by atoms with Crippen LogP contribution in [0.1, 0.15) is 77.8 Å². The summed E-state index contributed by atoms with van der Waals surface area (Å²) in [5, 5.41) is 16.9. The van der Waals surface area contributed by atoms with Gasteiger partial charge in [0, 0.05) is 70.4 Å². The molecule has 6 aromatic rings. The zero-order valence-corrected chi connectivity index (χ0v) is 46.6. The first kappa shape index (κ1) is 58.8. The number of aliphatic hydroxyl groups excluding tert-OH is 1. The van der Waals surface area contributed by atoms with Crippen molar-refractivity contribution in [1.82, 2.24) is 39.9 Å². The summed E-state index contributed by atoms with van der Waals surface area (Å²) in [5.41, 5.74) is 11.4. The molecule has 5 heterocycles. The molecule has 0 unspecified atom stereocenters. The fourth-order valence-corrected chi connectivity index (χ4v) is 11.4. The van der Waals surface area contributed by atoms with Crippen molar-refractivity contribution >= 4 is 57.3 Å². The lowest BCUT2D eigenvalue weighted by Gasteiger charge is -2.35. The molecule has 23 heteroatoms. The van der Waals surface area contributed by atoms with Crippen LogP contribution < -0.4 is 21.1 Å². The molecule has 18 nitrogen and oxygen atoms in total. The van der Waals surface area contributed by atoms with Gasteiger partial charge in [-0.15, -0.1) is 22.7 Å². The van der Waals surface area contributed by atoms with E-state index in [9.17, 15) is 37.5 Å². The van der Waals surface area contributed by atoms with E-state index in [0.29, 0.717) is 31.4 Å². The van der Waals surface area contributed by atoms with Crippen molar-refractivity contribution in [2.24, 2.45) is 11.1 Å². The number of thiophene rings is 1. The fourth-order valence-electron chi connectivity index (χ4n) is 9.64. The Bertz CT molecular complexity index is 3040. The summed E-state index contributed by atoms with van der Waals surface area (Å²) >= 11 is 2.64. The summed E-state index contributed by atoms with van der Waals surface area (Å²) in [7, 11) is 0. The molecule has 2 fully saturated rings. The number of carbonyl (C=O) groups is 4. The second-order valence-electron chi connectivity index (χ2n) is 20.8. The molecule has 0 radical (unpaired) electrons. The maximum Gasteiger partial charge on any atom is 0.416 e. The Kier molecular flexibility index (Phi) is 19.6. The van der Waals surface area contributed by atoms with Gasteiger partial charge in [0.1, 0.15) is 46.7 Å². The van der Waals surface area contributed by atoms with E-state index in [1.807, 2.05) is 74.7 Å². The normalized spacial score (nSPS) is 17.3. The lowest BCUT2D eigenvalue weighted by molar-refractivity contribution is -0.144. The van der Waals surface area contributed by atoms with Crippen LogP contribution in [0, 0.1) is 12.3 Å². The zero-order valence-electron chi connectivity index (χ0n) is 44.9. The number of imidazole rings is 1. The highest BCUT2D eigenvalue weighted by molar-refractivity contribution is 7.16. The first-order valence-electron chi connectivity index (χ1n) is 26.2. The van der Waals surface area contributed by atoms with Crippen molar-refractivity contribution < 1.29 is 56.4 Å². The molecule has 3 aromatic carbocycles. The molecule has 3 aromatic heterocycles. The van der Waals surface area contributed by atoms with Crippen LogP contribution in [0.3, 0.4) is 0 Å². The maximum absolute atomic E-state index is 14.0. The van der Waals surface area contributed by atoms with Gasteiger partial charge in [0.25, 0.3) is 5.91 Å². The first-order chi connectivity index (χ1) is 37.7. The van der Waals surface area contributed by atoms with Gasteiger partial charge in [-0.1, -0.05) is 69.3 Å². The topological polar surface area (TPSA) is 216 Å². The highest BCUT2D eigenvalue weighted by Crippen LogP contribution is 2.40. The molecular weight excluding hydrogens is 1060 g/mol. The Morgan fingerprint density at radius 1 is 0.873 bits per heavy atom. The van der Waals surface area contributed by atoms with E-state index in [4.69, 9.17) is 24.7 Å². The van der Waals surface area contributed by atoms with Gasteiger partial charge in [-0.25, -0.2) is 9.97 Å². The number of primary amides is 1. The SMILES string of the molecule is Cc1ncsc1-c1ccc(CNC(=O)[C@@H]2C[C@@H](O)CN2C(=O)[C@@H](NC(=O)COCCOCCOCCN2CCN(Cc3ccc4ncn(-c5cc(O[C@H](C)c6ccccc6C(F)(F)F)c(C(N)=O)s5)c4c3)CC2)C(C)(C)C)cc1. The molecule has 5 N–H and O–H groups in total. The number of ether oxygens (including phenoxy) is 4. The summed E-state index contributed by atoms with van der Waals surface area (Å²) in [4.78, 5) is 69.1. The highest BCUT2D eigenvalue weighted by Gasteiger charge is 2.44. The number of piperazine rings is 1. The average Bonchev–Trinajstić information content (AvgIpc) is 4.35. The van der Waals surface area contributed by atoms with Gasteiger partial charge in [-0.05, 0) is 54.2 Å². The largest absolute Gasteiger partial charge is 0.484 e. The average molecular weight is 1130 g/mol. The van der Waals surface area contributed by atoms with Gasteiger partial charge in [0.2, 0.25) is 17.7 Å². The minimum Gasteiger partial charge on any atom is -0.484 e. The van der Waals surface area contributed by atoms with Crippen molar-refractivity contribution in [3.8, 4) is 21.2 Å². The van der Waals surface area contributed by atoms with E-state index in [0.717, 1.165) is 88.4 Å². The molecule has 4 atom stereocenters. The van der Waals surface area contributed by atoms with E-state index in [2.05, 4.69) is 30.4 Å². The standard InChI is InChI=1S/C56H68F3N9O9S2/c1-35-49(78-34-63-35)39-13-10-37(11-14-39)29-61-53(72)45-27-40(69)31-67(45)54(73)51(55(3,4)5)64-47(70)32-76-25-24-75-23-22-74-21-20-65-16-18-66(19-17-65)30-38-12-15-43-44(26-38)68(33-62-43)48-28-46(50(79-48)52(60)71)77-36(2)41-8-6-7-9-42(41)56(57,58)59/h6-15,26,28,33-34,36,40,45,51,69H,16-25,27,29-32H2,1-5H3,(H2,60,71)(H,61,72)(H,64,70)/t36-,40-,45+,51-/m1/s1. The van der Waals surface area contributed by atoms with E-state index in [-0.39, 0.29) is 61.4 Å². The van der Waals surface area contributed by atoms with Crippen LogP contribution in [0.2, 0.25) is 0 Å². The number of rotatable bonds is 24. The van der Waals surface area contributed by atoms with Crippen LogP contribution >= 0.6 is 22.7 Å². The third kappa shape index (κ3) is 15.3. The van der Waals surface area contributed by atoms with Gasteiger partial charge in [-0.3, -0.25) is 33.5 Å². The number of benzene rings is 3. The van der Waals surface area contributed by atoms with E-state index in [1.54, 1.807) is 29.2 Å². The van der Waals surface area contributed by atoms with Gasteiger partial charge < -0.3 is 45.3 Å². The molecule has 8 rings (SSSR count). The number of nitrogens with zero attached hydrogens (tertiary/aromatic N) is 6. The van der Waals surface area contributed by atoms with E-state index >= 15 is 0 Å². The van der Waals surface area contributed by atoms with Crippen LogP contribution in [0.5, 0.6) is 5.75 Å². The molecule has 0 saturated carbocycles. The predicted molar refractivity (Wildman–Crippen MR) is 294 cm³/mol. The molecule has 79 heavy (non-hydrogen) atoms. The van der Waals surface area contributed by atoms with Crippen LogP contribution in [0.4, 0.5) is 13.2 Å². The number of amides is 4. The number of carbonyl (C=O) groups excluding carboxylic acids is 4. The molecule has 424 valence electrons. The number of hydrogen-bond donors (Lipinski definition) is 4. The Labute approximate surface area is 465 Å². The maximum atomic E-state index is 14.0. The number of aliphatic hydroxyl groups is 1. The van der Waals surface area contributed by atoms with Crippen molar-refractivity contribution in [2.75, 3.05) is 78.9 Å². The van der Waals surface area contributed by atoms with Gasteiger partial charge in [-0.2, -0.15) is 13.2 Å². The van der Waals surface area contributed by atoms with Crippen LogP contribution in [0.25, 0.3) is 26.5 Å². The van der Waals surface area contributed by atoms with E-state index in [1.165, 1.54) is 30.0 Å². The number of likely N-dealkylation sites (tertiary alicyclic amines) is 1. The summed E-state index contributed by atoms with van der Waals surface area (Å²) in [6.07, 6.45) is -4.77. The van der Waals surface area contributed by atoms with E-state index < -0.39 is 59.2 Å². The quantitative estimate of drug-likeness (QED) is 0.0462.